The third-order valence-electron chi connectivity index (χ3n) is 5.43. The summed E-state index contributed by atoms with van der Waals surface area (Å²) in [5.41, 5.74) is 3.84. The maximum Gasteiger partial charge on any atom is 0.246 e. The largest absolute Gasteiger partial charge is 0.485 e. The van der Waals surface area contributed by atoms with Gasteiger partial charge in [-0.25, -0.2) is 0 Å². The molecule has 0 bridgehead atoms. The Labute approximate surface area is 176 Å². The van der Waals surface area contributed by atoms with Gasteiger partial charge in [0.1, 0.15) is 12.3 Å². The van der Waals surface area contributed by atoms with Crippen LogP contribution in [-0.4, -0.2) is 57.2 Å². The lowest BCUT2D eigenvalue weighted by atomic mass is 10.1. The third-order valence-corrected chi connectivity index (χ3v) is 5.43. The van der Waals surface area contributed by atoms with Crippen LogP contribution in [0.15, 0.2) is 48.5 Å². The fourth-order valence-corrected chi connectivity index (χ4v) is 3.56. The zero-order valence-corrected chi connectivity index (χ0v) is 17.4. The van der Waals surface area contributed by atoms with Gasteiger partial charge in [0.2, 0.25) is 11.7 Å². The fraction of sp³-hybridized carbons (Fsp3) is 0.364. The van der Waals surface area contributed by atoms with E-state index in [0.29, 0.717) is 18.9 Å². The molecule has 3 aromatic rings. The Morgan fingerprint density at radius 2 is 1.77 bits per heavy atom. The predicted molar refractivity (Wildman–Crippen MR) is 113 cm³/mol. The number of benzene rings is 2. The van der Waals surface area contributed by atoms with Crippen LogP contribution in [0, 0.1) is 13.8 Å². The van der Waals surface area contributed by atoms with Gasteiger partial charge in [0, 0.05) is 31.9 Å². The number of para-hydroxylation sites is 1. The van der Waals surface area contributed by atoms with Crippen molar-refractivity contribution in [2.24, 2.45) is 0 Å². The fourth-order valence-electron chi connectivity index (χ4n) is 3.56. The zero-order valence-electron chi connectivity index (χ0n) is 17.4. The minimum atomic E-state index is 0.00328. The molecule has 1 amide bonds. The Morgan fingerprint density at radius 3 is 2.53 bits per heavy atom. The first-order valence-corrected chi connectivity index (χ1v) is 10.1. The molecule has 1 aromatic heterocycles. The minimum absolute atomic E-state index is 0.00328. The summed E-state index contributed by atoms with van der Waals surface area (Å²) < 4.78 is 5.62. The summed E-state index contributed by atoms with van der Waals surface area (Å²) in [6.07, 6.45) is 0. The lowest BCUT2D eigenvalue weighted by molar-refractivity contribution is -0.132. The summed E-state index contributed by atoms with van der Waals surface area (Å²) >= 11 is 0. The molecule has 0 atom stereocenters. The summed E-state index contributed by atoms with van der Waals surface area (Å²) in [6.45, 7) is 7.58. The molecule has 0 aliphatic carbocycles. The number of carbonyl (C=O) groups is 1. The normalized spacial score (nSPS) is 14.1. The molecule has 156 valence electrons. The number of aryl methyl sites for hydroxylation is 1. The Bertz CT molecular complexity index is 996. The maximum atomic E-state index is 12.7. The first-order valence-electron chi connectivity index (χ1n) is 10.1. The first kappa shape index (κ1) is 19.9. The Balaban J connectivity index is 1.28. The Kier molecular flexibility index (Phi) is 5.92. The van der Waals surface area contributed by atoms with Gasteiger partial charge in [0.25, 0.3) is 0 Å². The molecule has 0 spiro atoms. The zero-order chi connectivity index (χ0) is 20.9. The lowest BCUT2D eigenvalue weighted by Gasteiger charge is -2.37. The second-order valence-electron chi connectivity index (χ2n) is 7.42. The third kappa shape index (κ3) is 4.59. The van der Waals surface area contributed by atoms with Crippen LogP contribution < -0.4 is 9.64 Å². The summed E-state index contributed by atoms with van der Waals surface area (Å²) in [7, 11) is 0. The van der Waals surface area contributed by atoms with E-state index < -0.39 is 0 Å². The molecule has 2 aromatic carbocycles. The Hall–Kier alpha value is -3.42. The SMILES string of the molecule is Cc1cccc(N2CCN(C(=O)Cn3nnc(COc4ccccc4)n3)CC2)c1C. The molecule has 8 heteroatoms. The molecular weight excluding hydrogens is 380 g/mol. The van der Waals surface area contributed by atoms with Gasteiger partial charge in [-0.2, -0.15) is 4.80 Å². The summed E-state index contributed by atoms with van der Waals surface area (Å²) in [4.78, 5) is 18.2. The molecule has 0 N–H and O–H groups in total. The van der Waals surface area contributed by atoms with Crippen molar-refractivity contribution in [2.75, 3.05) is 31.1 Å². The smallest absolute Gasteiger partial charge is 0.246 e. The van der Waals surface area contributed by atoms with Crippen molar-refractivity contribution in [3.63, 3.8) is 0 Å². The van der Waals surface area contributed by atoms with E-state index in [4.69, 9.17) is 4.74 Å². The molecule has 8 nitrogen and oxygen atoms in total. The molecule has 2 heterocycles. The number of ether oxygens (including phenoxy) is 1. The van der Waals surface area contributed by atoms with E-state index in [9.17, 15) is 4.79 Å². The number of amides is 1. The standard InChI is InChI=1S/C22H26N6O2/c1-17-7-6-10-20(18(17)2)26-11-13-27(14-12-26)22(29)15-28-24-21(23-25-28)16-30-19-8-4-3-5-9-19/h3-10H,11-16H2,1-2H3. The summed E-state index contributed by atoms with van der Waals surface area (Å²) in [5.74, 6) is 1.20. The van der Waals surface area contributed by atoms with Gasteiger partial charge in [-0.05, 0) is 48.4 Å². The van der Waals surface area contributed by atoms with Crippen LogP contribution in [0.4, 0.5) is 5.69 Å². The van der Waals surface area contributed by atoms with E-state index in [0.717, 1.165) is 18.8 Å². The molecular formula is C22H26N6O2. The van der Waals surface area contributed by atoms with E-state index >= 15 is 0 Å². The van der Waals surface area contributed by atoms with Crippen LogP contribution in [0.3, 0.4) is 0 Å². The van der Waals surface area contributed by atoms with Crippen LogP contribution in [0.5, 0.6) is 5.75 Å². The maximum absolute atomic E-state index is 12.7. The number of rotatable bonds is 6. The van der Waals surface area contributed by atoms with Gasteiger partial charge in [-0.3, -0.25) is 4.79 Å². The van der Waals surface area contributed by atoms with E-state index in [2.05, 4.69) is 52.4 Å². The van der Waals surface area contributed by atoms with Crippen molar-refractivity contribution in [1.29, 1.82) is 0 Å². The van der Waals surface area contributed by atoms with Gasteiger partial charge in [0.05, 0.1) is 0 Å². The number of hydrogen-bond donors (Lipinski definition) is 0. The molecule has 0 radical (unpaired) electrons. The number of anilines is 1. The van der Waals surface area contributed by atoms with Gasteiger partial charge >= 0.3 is 0 Å². The highest BCUT2D eigenvalue weighted by Gasteiger charge is 2.23. The molecule has 1 saturated heterocycles. The number of hydrogen-bond acceptors (Lipinski definition) is 6. The monoisotopic (exact) mass is 406 g/mol. The highest BCUT2D eigenvalue weighted by Crippen LogP contribution is 2.23. The topological polar surface area (TPSA) is 76.4 Å². The number of tetrazole rings is 1. The first-order chi connectivity index (χ1) is 14.6. The van der Waals surface area contributed by atoms with Crippen molar-refractivity contribution in [3.05, 3.63) is 65.5 Å². The van der Waals surface area contributed by atoms with Gasteiger partial charge in [-0.15, -0.1) is 10.2 Å². The molecule has 4 rings (SSSR count). The van der Waals surface area contributed by atoms with E-state index in [1.807, 2.05) is 35.2 Å². The molecule has 1 aliphatic rings. The number of nitrogens with zero attached hydrogens (tertiary/aromatic N) is 6. The number of piperazine rings is 1. The van der Waals surface area contributed by atoms with Crippen molar-refractivity contribution in [1.82, 2.24) is 25.1 Å². The lowest BCUT2D eigenvalue weighted by Crippen LogP contribution is -2.50. The van der Waals surface area contributed by atoms with Crippen molar-refractivity contribution in [3.8, 4) is 5.75 Å². The number of aromatic nitrogens is 4. The van der Waals surface area contributed by atoms with E-state index in [1.165, 1.54) is 21.6 Å². The Morgan fingerprint density at radius 1 is 1.00 bits per heavy atom. The predicted octanol–water partition coefficient (Wildman–Crippen LogP) is 2.22. The van der Waals surface area contributed by atoms with Gasteiger partial charge < -0.3 is 14.5 Å². The van der Waals surface area contributed by atoms with Crippen LogP contribution in [0.2, 0.25) is 0 Å². The highest BCUT2D eigenvalue weighted by molar-refractivity contribution is 5.76. The highest BCUT2D eigenvalue weighted by atomic mass is 16.5. The molecule has 1 aliphatic heterocycles. The summed E-state index contributed by atoms with van der Waals surface area (Å²) in [6, 6.07) is 15.8. The van der Waals surface area contributed by atoms with Crippen LogP contribution in [-0.2, 0) is 17.9 Å². The van der Waals surface area contributed by atoms with Gasteiger partial charge in [-0.1, -0.05) is 30.3 Å². The summed E-state index contributed by atoms with van der Waals surface area (Å²) in [5, 5.41) is 12.2. The average Bonchev–Trinajstić information content (AvgIpc) is 3.22. The van der Waals surface area contributed by atoms with Crippen LogP contribution in [0.25, 0.3) is 0 Å². The van der Waals surface area contributed by atoms with E-state index in [-0.39, 0.29) is 19.1 Å². The molecule has 30 heavy (non-hydrogen) atoms. The quantitative estimate of drug-likeness (QED) is 0.625. The van der Waals surface area contributed by atoms with Crippen LogP contribution in [0.1, 0.15) is 17.0 Å². The number of carbonyl (C=O) groups excluding carboxylic acids is 1. The molecule has 0 unspecified atom stereocenters. The van der Waals surface area contributed by atoms with Crippen molar-refractivity contribution in [2.45, 2.75) is 27.0 Å². The van der Waals surface area contributed by atoms with Crippen molar-refractivity contribution < 1.29 is 9.53 Å². The average molecular weight is 406 g/mol. The molecule has 0 saturated carbocycles. The minimum Gasteiger partial charge on any atom is -0.485 e. The van der Waals surface area contributed by atoms with Gasteiger partial charge in [0.15, 0.2) is 6.61 Å². The molecule has 1 fully saturated rings. The van der Waals surface area contributed by atoms with Crippen molar-refractivity contribution >= 4 is 11.6 Å². The second-order valence-corrected chi connectivity index (χ2v) is 7.42. The van der Waals surface area contributed by atoms with Crippen LogP contribution >= 0.6 is 0 Å². The van der Waals surface area contributed by atoms with E-state index in [1.54, 1.807) is 0 Å². The second kappa shape index (κ2) is 8.94.